The van der Waals surface area contributed by atoms with Crippen molar-refractivity contribution in [2.24, 2.45) is 0 Å². The number of rotatable bonds is 3. The Morgan fingerprint density at radius 3 is 1.25 bits per heavy atom. The Balaban J connectivity index is 1.62. The van der Waals surface area contributed by atoms with Crippen molar-refractivity contribution in [2.75, 3.05) is 0 Å². The van der Waals surface area contributed by atoms with E-state index in [1.807, 2.05) is 0 Å². The topological polar surface area (TPSA) is 9.86 Å². The van der Waals surface area contributed by atoms with Gasteiger partial charge in [-0.3, -0.25) is 0 Å². The predicted octanol–water partition coefficient (Wildman–Crippen LogP) is 8.32. The number of hydrogen-bond donors (Lipinski definition) is 0. The highest BCUT2D eigenvalue weighted by Crippen LogP contribution is 2.34. The summed E-state index contributed by atoms with van der Waals surface area (Å²) in [6.45, 7) is 4.32. The maximum absolute atomic E-state index is 2.38. The summed E-state index contributed by atoms with van der Waals surface area (Å²) in [6.07, 6.45) is 4.51. The molecule has 6 aromatic rings. The first-order chi connectivity index (χ1) is 15.8. The number of allylic oxidation sites excluding steroid dienone is 4. The zero-order valence-electron chi connectivity index (χ0n) is 18.3. The molecule has 6 rings (SSSR count). The SMILES string of the molecule is C/C=C(\C=C(/C)n1c2ccccc2c2ccccc21)n1c2ccccc2c2ccccc21. The van der Waals surface area contributed by atoms with E-state index in [0.717, 1.165) is 0 Å². The van der Waals surface area contributed by atoms with Gasteiger partial charge in [-0.1, -0.05) is 78.9 Å². The third-order valence-electron chi connectivity index (χ3n) is 6.42. The van der Waals surface area contributed by atoms with Gasteiger partial charge in [0.25, 0.3) is 0 Å². The number of nitrogens with zero attached hydrogens (tertiary/aromatic N) is 2. The maximum Gasteiger partial charge on any atom is 0.0540 e. The molecule has 0 unspecified atom stereocenters. The highest BCUT2D eigenvalue weighted by Gasteiger charge is 2.14. The van der Waals surface area contributed by atoms with E-state index in [0.29, 0.717) is 0 Å². The normalized spacial score (nSPS) is 13.1. The van der Waals surface area contributed by atoms with E-state index in [1.165, 1.54) is 55.0 Å². The number of fused-ring (bicyclic) bond motifs is 6. The molecule has 4 aromatic carbocycles. The summed E-state index contributed by atoms with van der Waals surface area (Å²) < 4.78 is 4.75. The van der Waals surface area contributed by atoms with Crippen LogP contribution < -0.4 is 0 Å². The molecule has 0 aliphatic carbocycles. The van der Waals surface area contributed by atoms with Gasteiger partial charge in [0, 0.05) is 32.9 Å². The summed E-state index contributed by atoms with van der Waals surface area (Å²) in [4.78, 5) is 0. The molecule has 0 N–H and O–H groups in total. The van der Waals surface area contributed by atoms with Crippen molar-refractivity contribution in [1.29, 1.82) is 0 Å². The second-order valence-corrected chi connectivity index (χ2v) is 8.24. The number of benzene rings is 4. The molecule has 0 radical (unpaired) electrons. The van der Waals surface area contributed by atoms with Crippen LogP contribution in [-0.2, 0) is 0 Å². The minimum absolute atomic E-state index is 1.17. The maximum atomic E-state index is 2.38. The van der Waals surface area contributed by atoms with Crippen LogP contribution in [0.1, 0.15) is 13.8 Å². The third-order valence-corrected chi connectivity index (χ3v) is 6.42. The largest absolute Gasteiger partial charge is 0.313 e. The van der Waals surface area contributed by atoms with Gasteiger partial charge in [-0.2, -0.15) is 0 Å². The molecule has 154 valence electrons. The van der Waals surface area contributed by atoms with Crippen molar-refractivity contribution < 1.29 is 0 Å². The van der Waals surface area contributed by atoms with Crippen molar-refractivity contribution in [3.63, 3.8) is 0 Å². The van der Waals surface area contributed by atoms with Gasteiger partial charge in [0.15, 0.2) is 0 Å². The van der Waals surface area contributed by atoms with Gasteiger partial charge in [-0.25, -0.2) is 0 Å². The van der Waals surface area contributed by atoms with Crippen molar-refractivity contribution in [3.8, 4) is 0 Å². The van der Waals surface area contributed by atoms with Crippen LogP contribution in [-0.4, -0.2) is 9.13 Å². The Morgan fingerprint density at radius 2 is 0.875 bits per heavy atom. The van der Waals surface area contributed by atoms with Crippen LogP contribution in [0.2, 0.25) is 0 Å². The van der Waals surface area contributed by atoms with Crippen LogP contribution in [0, 0.1) is 0 Å². The van der Waals surface area contributed by atoms with Gasteiger partial charge in [-0.15, -0.1) is 0 Å². The molecule has 0 aliphatic heterocycles. The van der Waals surface area contributed by atoms with Gasteiger partial charge >= 0.3 is 0 Å². The molecule has 0 fully saturated rings. The van der Waals surface area contributed by atoms with Gasteiger partial charge in [0.1, 0.15) is 0 Å². The average molecular weight is 413 g/mol. The first-order valence-electron chi connectivity index (χ1n) is 11.1. The molecule has 2 heteroatoms. The van der Waals surface area contributed by atoms with Gasteiger partial charge < -0.3 is 9.13 Å². The van der Waals surface area contributed by atoms with Crippen LogP contribution in [0.5, 0.6) is 0 Å². The average Bonchev–Trinajstić information content (AvgIpc) is 3.36. The highest BCUT2D eigenvalue weighted by atomic mass is 15.0. The zero-order valence-corrected chi connectivity index (χ0v) is 18.3. The van der Waals surface area contributed by atoms with E-state index in [9.17, 15) is 0 Å². The molecule has 0 atom stereocenters. The first kappa shape index (κ1) is 18.7. The lowest BCUT2D eigenvalue weighted by atomic mass is 10.2. The van der Waals surface area contributed by atoms with Crippen LogP contribution in [0.25, 0.3) is 55.0 Å². The van der Waals surface area contributed by atoms with E-state index in [2.05, 4.69) is 132 Å². The molecule has 32 heavy (non-hydrogen) atoms. The summed E-state index contributed by atoms with van der Waals surface area (Å²) in [5.41, 5.74) is 7.29. The lowest BCUT2D eigenvalue weighted by molar-refractivity contribution is 1.18. The van der Waals surface area contributed by atoms with Gasteiger partial charge in [-0.05, 0) is 44.2 Å². The molecule has 0 saturated carbocycles. The fraction of sp³-hybridized carbons (Fsp3) is 0.0667. The monoisotopic (exact) mass is 412 g/mol. The van der Waals surface area contributed by atoms with Gasteiger partial charge in [0.05, 0.1) is 22.1 Å². The number of aromatic nitrogens is 2. The first-order valence-corrected chi connectivity index (χ1v) is 11.1. The zero-order chi connectivity index (χ0) is 21.7. The van der Waals surface area contributed by atoms with Crippen LogP contribution in [0.4, 0.5) is 0 Å². The van der Waals surface area contributed by atoms with Crippen LogP contribution >= 0.6 is 0 Å². The summed E-state index contributed by atoms with van der Waals surface area (Å²) in [6, 6.07) is 34.6. The minimum Gasteiger partial charge on any atom is -0.313 e. The Bertz CT molecular complexity index is 1580. The molecular formula is C30H24N2. The van der Waals surface area contributed by atoms with Crippen molar-refractivity contribution >= 4 is 55.0 Å². The van der Waals surface area contributed by atoms with Crippen molar-refractivity contribution in [3.05, 3.63) is 109 Å². The predicted molar refractivity (Wildman–Crippen MR) is 139 cm³/mol. The molecule has 0 bridgehead atoms. The Labute approximate surface area is 187 Å². The van der Waals surface area contributed by atoms with Crippen LogP contribution in [0.3, 0.4) is 0 Å². The fourth-order valence-electron chi connectivity index (χ4n) is 5.06. The molecule has 0 spiro atoms. The second kappa shape index (κ2) is 7.28. The highest BCUT2D eigenvalue weighted by molar-refractivity contribution is 6.12. The Kier molecular flexibility index (Phi) is 4.26. The van der Waals surface area contributed by atoms with Crippen molar-refractivity contribution in [1.82, 2.24) is 9.13 Å². The third kappa shape index (κ3) is 2.66. The van der Waals surface area contributed by atoms with Gasteiger partial charge in [0.2, 0.25) is 0 Å². The number of hydrogen-bond acceptors (Lipinski definition) is 0. The Morgan fingerprint density at radius 1 is 0.531 bits per heavy atom. The molecular weight excluding hydrogens is 388 g/mol. The van der Waals surface area contributed by atoms with Crippen molar-refractivity contribution in [2.45, 2.75) is 13.8 Å². The van der Waals surface area contributed by atoms with E-state index in [-0.39, 0.29) is 0 Å². The standard InChI is InChI=1S/C30H24N2/c1-3-22(32-29-18-10-6-14-25(29)26-15-7-11-19-30(26)32)20-21(2)31-27-16-8-4-12-23(27)24-13-5-9-17-28(24)31/h3-20H,1-2H3/b21-20+,22-3+. The summed E-state index contributed by atoms with van der Waals surface area (Å²) >= 11 is 0. The second-order valence-electron chi connectivity index (χ2n) is 8.24. The van der Waals surface area contributed by atoms with Crippen LogP contribution in [0.15, 0.2) is 109 Å². The molecule has 2 heterocycles. The van der Waals surface area contributed by atoms with E-state index in [1.54, 1.807) is 0 Å². The van der Waals surface area contributed by atoms with E-state index < -0.39 is 0 Å². The molecule has 0 saturated heterocycles. The quantitative estimate of drug-likeness (QED) is 0.259. The lowest BCUT2D eigenvalue weighted by Crippen LogP contribution is -1.98. The smallest absolute Gasteiger partial charge is 0.0540 e. The molecule has 0 aliphatic rings. The van der Waals surface area contributed by atoms with E-state index >= 15 is 0 Å². The Hall–Kier alpha value is -4.04. The molecule has 2 aromatic heterocycles. The summed E-state index contributed by atoms with van der Waals surface area (Å²) in [5.74, 6) is 0. The summed E-state index contributed by atoms with van der Waals surface area (Å²) in [7, 11) is 0. The number of para-hydroxylation sites is 4. The summed E-state index contributed by atoms with van der Waals surface area (Å²) in [5, 5.41) is 5.14. The minimum atomic E-state index is 1.17. The molecule has 2 nitrogen and oxygen atoms in total. The fourth-order valence-corrected chi connectivity index (χ4v) is 5.06. The van der Waals surface area contributed by atoms with E-state index in [4.69, 9.17) is 0 Å². The molecule has 0 amide bonds. The lowest BCUT2D eigenvalue weighted by Gasteiger charge is -2.13.